The summed E-state index contributed by atoms with van der Waals surface area (Å²) in [4.78, 5) is 2.41. The van der Waals surface area contributed by atoms with Crippen molar-refractivity contribution in [3.8, 4) is 0 Å². The summed E-state index contributed by atoms with van der Waals surface area (Å²) in [5, 5.41) is 0. The Bertz CT molecular complexity index is 154. The highest BCUT2D eigenvalue weighted by Gasteiger charge is 2.21. The molecule has 2 unspecified atom stereocenters. The Kier molecular flexibility index (Phi) is 6.34. The van der Waals surface area contributed by atoms with Gasteiger partial charge in [0.05, 0.1) is 8.80 Å². The molecular formula is C11H25NSi. The smallest absolute Gasteiger partial charge is 0.0606 e. The molecule has 0 N–H and O–H groups in total. The Labute approximate surface area is 85.4 Å². The first-order valence-electron chi connectivity index (χ1n) is 5.33. The molecule has 2 heteroatoms. The maximum Gasteiger partial charge on any atom is 0.0606 e. The Balaban J connectivity index is 4.25. The van der Waals surface area contributed by atoms with Crippen LogP contribution in [0.4, 0.5) is 0 Å². The second-order valence-corrected chi connectivity index (χ2v) is 7.78. The van der Waals surface area contributed by atoms with Gasteiger partial charge in [0, 0.05) is 0 Å². The molecule has 0 aliphatic rings. The topological polar surface area (TPSA) is 3.24 Å². The van der Waals surface area contributed by atoms with Crippen molar-refractivity contribution in [2.45, 2.75) is 44.9 Å². The Morgan fingerprint density at radius 2 is 1.92 bits per heavy atom. The summed E-state index contributed by atoms with van der Waals surface area (Å²) in [6.45, 7) is 10.8. The summed E-state index contributed by atoms with van der Waals surface area (Å²) in [6, 6.07) is 2.71. The van der Waals surface area contributed by atoms with Gasteiger partial charge in [0.15, 0.2) is 0 Å². The van der Waals surface area contributed by atoms with Crippen molar-refractivity contribution in [1.29, 1.82) is 0 Å². The molecule has 78 valence electrons. The number of rotatable bonds is 6. The van der Waals surface area contributed by atoms with Gasteiger partial charge in [0.25, 0.3) is 0 Å². The van der Waals surface area contributed by atoms with E-state index in [2.05, 4.69) is 46.3 Å². The molecule has 0 amide bonds. The number of allylic oxidation sites excluding steroid dienone is 1. The van der Waals surface area contributed by atoms with Gasteiger partial charge in [-0.1, -0.05) is 25.5 Å². The van der Waals surface area contributed by atoms with E-state index in [0.29, 0.717) is 0 Å². The first-order valence-corrected chi connectivity index (χ1v) is 7.63. The summed E-state index contributed by atoms with van der Waals surface area (Å²) in [5.41, 5.74) is 2.22. The predicted octanol–water partition coefficient (Wildman–Crippen LogP) is 2.69. The maximum atomic E-state index is 4.04. The van der Waals surface area contributed by atoms with E-state index >= 15 is 0 Å². The fourth-order valence-electron chi connectivity index (χ4n) is 2.12. The lowest BCUT2D eigenvalue weighted by atomic mass is 10.4. The molecule has 0 saturated carbocycles. The molecule has 0 aromatic carbocycles. The minimum Gasteiger partial charge on any atom is -0.310 e. The SMILES string of the molecule is C=C(C)C[SiH](CC)C(CC)N(C)C. The van der Waals surface area contributed by atoms with Crippen LogP contribution in [0.25, 0.3) is 0 Å². The first-order chi connectivity index (χ1) is 6.02. The normalized spacial score (nSPS) is 15.8. The minimum absolute atomic E-state index is 0.617. The van der Waals surface area contributed by atoms with Crippen LogP contribution in [0.15, 0.2) is 12.2 Å². The molecule has 0 heterocycles. The summed E-state index contributed by atoms with van der Waals surface area (Å²) < 4.78 is 0. The van der Waals surface area contributed by atoms with Crippen molar-refractivity contribution >= 4 is 8.80 Å². The van der Waals surface area contributed by atoms with Crippen LogP contribution in [0.3, 0.4) is 0 Å². The van der Waals surface area contributed by atoms with Crippen LogP contribution in [-0.2, 0) is 0 Å². The van der Waals surface area contributed by atoms with Gasteiger partial charge in [-0.05, 0) is 39.1 Å². The van der Waals surface area contributed by atoms with E-state index in [0.717, 1.165) is 5.67 Å². The van der Waals surface area contributed by atoms with Crippen LogP contribution in [0, 0.1) is 0 Å². The van der Waals surface area contributed by atoms with Crippen molar-refractivity contribution in [2.24, 2.45) is 0 Å². The zero-order chi connectivity index (χ0) is 10.4. The largest absolute Gasteiger partial charge is 0.310 e. The van der Waals surface area contributed by atoms with Crippen LogP contribution < -0.4 is 0 Å². The molecule has 0 rings (SSSR count). The standard InChI is InChI=1S/C11H25NSi/c1-7-11(12(5)6)13(8-2)9-10(3)4/h11,13H,3,7-9H2,1-2,4-6H3. The monoisotopic (exact) mass is 199 g/mol. The van der Waals surface area contributed by atoms with Crippen LogP contribution in [0.5, 0.6) is 0 Å². The Hall–Kier alpha value is -0.0831. The van der Waals surface area contributed by atoms with E-state index in [-0.39, 0.29) is 0 Å². The van der Waals surface area contributed by atoms with Gasteiger partial charge < -0.3 is 4.90 Å². The third kappa shape index (κ3) is 4.63. The second-order valence-electron chi connectivity index (χ2n) is 4.27. The zero-order valence-electron chi connectivity index (χ0n) is 9.93. The number of hydrogen-bond donors (Lipinski definition) is 0. The fourth-order valence-corrected chi connectivity index (χ4v) is 5.63. The highest BCUT2D eigenvalue weighted by atomic mass is 28.3. The van der Waals surface area contributed by atoms with Crippen molar-refractivity contribution < 1.29 is 0 Å². The molecular weight excluding hydrogens is 174 g/mol. The third-order valence-corrected chi connectivity index (χ3v) is 7.19. The van der Waals surface area contributed by atoms with Gasteiger partial charge in [-0.25, -0.2) is 0 Å². The molecule has 0 bridgehead atoms. The minimum atomic E-state index is -0.617. The molecule has 0 aliphatic carbocycles. The van der Waals surface area contributed by atoms with Gasteiger partial charge in [0.2, 0.25) is 0 Å². The van der Waals surface area contributed by atoms with Crippen molar-refractivity contribution in [3.05, 3.63) is 12.2 Å². The summed E-state index contributed by atoms with van der Waals surface area (Å²) in [5.74, 6) is 0. The third-order valence-electron chi connectivity index (χ3n) is 2.76. The Morgan fingerprint density at radius 1 is 1.38 bits per heavy atom. The molecule has 0 radical (unpaired) electrons. The van der Waals surface area contributed by atoms with Crippen LogP contribution in [0.1, 0.15) is 27.2 Å². The highest BCUT2D eigenvalue weighted by molar-refractivity contribution is 6.61. The van der Waals surface area contributed by atoms with Crippen molar-refractivity contribution in [3.63, 3.8) is 0 Å². The average molecular weight is 199 g/mol. The lowest BCUT2D eigenvalue weighted by Crippen LogP contribution is -2.41. The molecule has 0 spiro atoms. The summed E-state index contributed by atoms with van der Waals surface area (Å²) >= 11 is 0. The van der Waals surface area contributed by atoms with Crippen molar-refractivity contribution in [1.82, 2.24) is 4.90 Å². The lowest BCUT2D eigenvalue weighted by molar-refractivity contribution is 0.359. The van der Waals surface area contributed by atoms with Gasteiger partial charge in [-0.3, -0.25) is 0 Å². The molecule has 0 aliphatic heterocycles. The van der Waals surface area contributed by atoms with Crippen LogP contribution >= 0.6 is 0 Å². The highest BCUT2D eigenvalue weighted by Crippen LogP contribution is 2.15. The quantitative estimate of drug-likeness (QED) is 0.470. The van der Waals surface area contributed by atoms with Gasteiger partial charge in [-0.2, -0.15) is 0 Å². The van der Waals surface area contributed by atoms with Gasteiger partial charge in [0.1, 0.15) is 0 Å². The fraction of sp³-hybridized carbons (Fsp3) is 0.818. The summed E-state index contributed by atoms with van der Waals surface area (Å²) in [6.07, 6.45) is 1.30. The van der Waals surface area contributed by atoms with E-state index in [1.165, 1.54) is 24.1 Å². The zero-order valence-corrected chi connectivity index (χ0v) is 11.1. The molecule has 13 heavy (non-hydrogen) atoms. The molecule has 2 atom stereocenters. The van der Waals surface area contributed by atoms with E-state index in [1.807, 2.05) is 0 Å². The maximum absolute atomic E-state index is 4.04. The lowest BCUT2D eigenvalue weighted by Gasteiger charge is -2.30. The Morgan fingerprint density at radius 3 is 2.15 bits per heavy atom. The summed E-state index contributed by atoms with van der Waals surface area (Å²) in [7, 11) is 3.80. The van der Waals surface area contributed by atoms with E-state index in [4.69, 9.17) is 0 Å². The van der Waals surface area contributed by atoms with Gasteiger partial charge in [-0.15, -0.1) is 6.58 Å². The second kappa shape index (κ2) is 6.38. The molecule has 1 nitrogen and oxygen atoms in total. The predicted molar refractivity (Wildman–Crippen MR) is 65.0 cm³/mol. The van der Waals surface area contributed by atoms with Crippen LogP contribution in [-0.4, -0.2) is 33.5 Å². The van der Waals surface area contributed by atoms with E-state index < -0.39 is 8.80 Å². The average Bonchev–Trinajstić information content (AvgIpc) is 2.02. The molecule has 0 aromatic rings. The first kappa shape index (κ1) is 12.9. The van der Waals surface area contributed by atoms with Crippen molar-refractivity contribution in [2.75, 3.05) is 14.1 Å². The van der Waals surface area contributed by atoms with E-state index in [1.54, 1.807) is 0 Å². The van der Waals surface area contributed by atoms with E-state index in [9.17, 15) is 0 Å². The van der Waals surface area contributed by atoms with Gasteiger partial charge >= 0.3 is 0 Å². The number of nitrogens with zero attached hydrogens (tertiary/aromatic N) is 1. The van der Waals surface area contributed by atoms with Crippen LogP contribution in [0.2, 0.25) is 12.1 Å². The molecule has 0 saturated heterocycles. The number of hydrogen-bond acceptors (Lipinski definition) is 1. The molecule has 0 fully saturated rings. The molecule has 0 aromatic heterocycles.